The van der Waals surface area contributed by atoms with Gasteiger partial charge in [-0.1, -0.05) is 51.9 Å². The summed E-state index contributed by atoms with van der Waals surface area (Å²) in [6.07, 6.45) is 0. The van der Waals surface area contributed by atoms with Gasteiger partial charge in [-0.05, 0) is 48.9 Å². The summed E-state index contributed by atoms with van der Waals surface area (Å²) in [7, 11) is -3.69. The van der Waals surface area contributed by atoms with E-state index in [0.29, 0.717) is 11.6 Å². The lowest BCUT2D eigenvalue weighted by atomic mass is 10.00. The van der Waals surface area contributed by atoms with Crippen LogP contribution in [-0.2, 0) is 14.6 Å². The number of hydrogen-bond acceptors (Lipinski definition) is 4. The predicted octanol–water partition coefficient (Wildman–Crippen LogP) is 4.35. The summed E-state index contributed by atoms with van der Waals surface area (Å²) in [6, 6.07) is 13.7. The second-order valence-electron chi connectivity index (χ2n) is 6.49. The van der Waals surface area contributed by atoms with Crippen LogP contribution in [0.15, 0.2) is 57.9 Å². The van der Waals surface area contributed by atoms with E-state index in [4.69, 9.17) is 34.3 Å². The summed E-state index contributed by atoms with van der Waals surface area (Å²) in [4.78, 5) is 0.361. The summed E-state index contributed by atoms with van der Waals surface area (Å²) in [5, 5.41) is -0.305. The maximum absolute atomic E-state index is 13.4. The molecule has 2 N–H and O–H groups in total. The first-order valence-electron chi connectivity index (χ1n) is 8.37. The van der Waals surface area contributed by atoms with Crippen LogP contribution in [0.1, 0.15) is 18.4 Å². The number of nitrogens with two attached hydrogens (primary N) is 1. The van der Waals surface area contributed by atoms with Crippen LogP contribution in [-0.4, -0.2) is 31.9 Å². The van der Waals surface area contributed by atoms with Gasteiger partial charge in [-0.3, -0.25) is 0 Å². The molecule has 2 aromatic rings. The van der Waals surface area contributed by atoms with Crippen molar-refractivity contribution >= 4 is 54.6 Å². The van der Waals surface area contributed by atoms with Gasteiger partial charge >= 0.3 is 0 Å². The van der Waals surface area contributed by atoms with Crippen LogP contribution in [0.25, 0.3) is 0 Å². The van der Waals surface area contributed by atoms with E-state index in [1.54, 1.807) is 12.1 Å². The highest BCUT2D eigenvalue weighted by atomic mass is 79.9. The van der Waals surface area contributed by atoms with Gasteiger partial charge in [-0.2, -0.15) is 0 Å². The molecule has 0 saturated heterocycles. The molecule has 0 heterocycles. The highest BCUT2D eigenvalue weighted by molar-refractivity contribution is 9.10. The molecule has 0 aliphatic heterocycles. The molecule has 1 saturated carbocycles. The average molecular weight is 489 g/mol. The van der Waals surface area contributed by atoms with Gasteiger partial charge in [-0.25, -0.2) is 8.42 Å². The van der Waals surface area contributed by atoms with E-state index in [1.165, 1.54) is 12.1 Å². The van der Waals surface area contributed by atoms with Crippen LogP contribution in [0, 0.1) is 5.41 Å². The molecule has 4 nitrogen and oxygen atoms in total. The van der Waals surface area contributed by atoms with Crippen molar-refractivity contribution in [3.63, 3.8) is 0 Å². The number of sulfone groups is 1. The SMILES string of the molecule is CCOC[C@@]1(C(N)=S)[C@H](S(=O)(=O)c2ccc(Cl)cc2)[C@@H]1c1ccc(Br)cc1. The molecule has 3 atom stereocenters. The molecule has 0 spiro atoms. The number of ether oxygens (including phenoxy) is 1. The first-order chi connectivity index (χ1) is 12.7. The Balaban J connectivity index is 2.10. The van der Waals surface area contributed by atoms with Gasteiger partial charge in [0.1, 0.15) is 0 Å². The predicted molar refractivity (Wildman–Crippen MR) is 115 cm³/mol. The summed E-state index contributed by atoms with van der Waals surface area (Å²) in [6.45, 7) is 2.47. The third-order valence-corrected chi connectivity index (χ3v) is 8.42. The third kappa shape index (κ3) is 3.68. The quantitative estimate of drug-likeness (QED) is 0.587. The van der Waals surface area contributed by atoms with Crippen molar-refractivity contribution < 1.29 is 13.2 Å². The van der Waals surface area contributed by atoms with Crippen LogP contribution in [0.4, 0.5) is 0 Å². The molecule has 8 heteroatoms. The van der Waals surface area contributed by atoms with Gasteiger partial charge in [0.05, 0.1) is 27.2 Å². The Kier molecular flexibility index (Phi) is 5.99. The van der Waals surface area contributed by atoms with Crippen molar-refractivity contribution in [1.82, 2.24) is 0 Å². The third-order valence-electron chi connectivity index (χ3n) is 4.97. The summed E-state index contributed by atoms with van der Waals surface area (Å²) < 4.78 is 33.4. The number of rotatable bonds is 7. The van der Waals surface area contributed by atoms with Crippen molar-refractivity contribution in [3.8, 4) is 0 Å². The molecule has 2 aromatic carbocycles. The Hall–Kier alpha value is -0.990. The van der Waals surface area contributed by atoms with E-state index in [2.05, 4.69) is 15.9 Å². The van der Waals surface area contributed by atoms with Crippen molar-refractivity contribution in [2.24, 2.45) is 11.1 Å². The number of thiocarbonyl (C=S) groups is 1. The van der Waals surface area contributed by atoms with Crippen LogP contribution in [0.5, 0.6) is 0 Å². The number of benzene rings is 2. The van der Waals surface area contributed by atoms with Crippen LogP contribution in [0.2, 0.25) is 5.02 Å². The molecule has 1 aliphatic rings. The van der Waals surface area contributed by atoms with Gasteiger partial charge in [0.25, 0.3) is 0 Å². The van der Waals surface area contributed by atoms with E-state index in [9.17, 15) is 8.42 Å². The molecule has 0 aromatic heterocycles. The lowest BCUT2D eigenvalue weighted by Crippen LogP contribution is -2.33. The maximum Gasteiger partial charge on any atom is 0.182 e. The molecule has 1 aliphatic carbocycles. The van der Waals surface area contributed by atoms with Gasteiger partial charge in [-0.15, -0.1) is 0 Å². The second kappa shape index (κ2) is 7.79. The molecule has 0 bridgehead atoms. The minimum atomic E-state index is -3.69. The largest absolute Gasteiger partial charge is 0.393 e. The van der Waals surface area contributed by atoms with E-state index >= 15 is 0 Å². The molecule has 3 rings (SSSR count). The lowest BCUT2D eigenvalue weighted by molar-refractivity contribution is 0.121. The van der Waals surface area contributed by atoms with Crippen molar-refractivity contribution in [2.45, 2.75) is 23.0 Å². The molecule has 27 heavy (non-hydrogen) atoms. The molecule has 0 amide bonds. The van der Waals surface area contributed by atoms with Crippen LogP contribution >= 0.6 is 39.7 Å². The normalized spacial score (nSPS) is 24.6. The minimum absolute atomic E-state index is 0.159. The molecule has 1 fully saturated rings. The molecular weight excluding hydrogens is 470 g/mol. The molecule has 0 radical (unpaired) electrons. The Morgan fingerprint density at radius 1 is 1.22 bits per heavy atom. The van der Waals surface area contributed by atoms with Crippen molar-refractivity contribution in [3.05, 3.63) is 63.6 Å². The van der Waals surface area contributed by atoms with E-state index in [1.807, 2.05) is 31.2 Å². The van der Waals surface area contributed by atoms with Crippen molar-refractivity contribution in [1.29, 1.82) is 0 Å². The second-order valence-corrected chi connectivity index (χ2v) is 10.4. The lowest BCUT2D eigenvalue weighted by Gasteiger charge is -2.17. The summed E-state index contributed by atoms with van der Waals surface area (Å²) in [5.41, 5.74) is 6.01. The number of hydrogen-bond donors (Lipinski definition) is 1. The Morgan fingerprint density at radius 2 is 1.81 bits per heavy atom. The van der Waals surface area contributed by atoms with Gasteiger partial charge < -0.3 is 10.5 Å². The smallest absolute Gasteiger partial charge is 0.182 e. The van der Waals surface area contributed by atoms with Crippen LogP contribution in [0.3, 0.4) is 0 Å². The maximum atomic E-state index is 13.4. The standard InChI is InChI=1S/C19H19BrClNO3S2/c1-2-25-11-19(18(22)26)16(12-3-5-13(20)6-4-12)17(19)27(23,24)15-9-7-14(21)8-10-15/h3-10,16-17H,2,11H2,1H3,(H2,22,26)/t16-,17+,19-/m0/s1. The molecule has 0 unspecified atom stereocenters. The van der Waals surface area contributed by atoms with E-state index < -0.39 is 20.5 Å². The van der Waals surface area contributed by atoms with Gasteiger partial charge in [0.2, 0.25) is 0 Å². The first-order valence-corrected chi connectivity index (χ1v) is 11.5. The topological polar surface area (TPSA) is 69.4 Å². The zero-order chi connectivity index (χ0) is 19.8. The molecule has 144 valence electrons. The highest BCUT2D eigenvalue weighted by Crippen LogP contribution is 2.64. The monoisotopic (exact) mass is 487 g/mol. The average Bonchev–Trinajstić information content (AvgIpc) is 3.32. The van der Waals surface area contributed by atoms with Crippen LogP contribution < -0.4 is 5.73 Å². The van der Waals surface area contributed by atoms with E-state index in [-0.39, 0.29) is 22.4 Å². The zero-order valence-electron chi connectivity index (χ0n) is 14.6. The first kappa shape index (κ1) is 20.7. The van der Waals surface area contributed by atoms with E-state index in [0.717, 1.165) is 10.0 Å². The minimum Gasteiger partial charge on any atom is -0.393 e. The number of halogens is 2. The Morgan fingerprint density at radius 3 is 2.33 bits per heavy atom. The fraction of sp³-hybridized carbons (Fsp3) is 0.316. The molecular formula is C19H19BrClNO3S2. The zero-order valence-corrected chi connectivity index (χ0v) is 18.5. The fourth-order valence-corrected chi connectivity index (χ4v) is 6.74. The highest BCUT2D eigenvalue weighted by Gasteiger charge is 2.73. The summed E-state index contributed by atoms with van der Waals surface area (Å²) in [5.74, 6) is -0.365. The fourth-order valence-electron chi connectivity index (χ4n) is 3.58. The Labute approximate surface area is 178 Å². The van der Waals surface area contributed by atoms with Crippen molar-refractivity contribution in [2.75, 3.05) is 13.2 Å². The van der Waals surface area contributed by atoms with Gasteiger partial charge in [0, 0.05) is 22.0 Å². The summed E-state index contributed by atoms with van der Waals surface area (Å²) >= 11 is 14.6. The Bertz CT molecular complexity index is 948. The van der Waals surface area contributed by atoms with Gasteiger partial charge in [0.15, 0.2) is 9.84 Å².